The smallest absolute Gasteiger partial charge is 0.252 e. The zero-order valence-corrected chi connectivity index (χ0v) is 19.6. The predicted octanol–water partition coefficient (Wildman–Crippen LogP) is 3.74. The Morgan fingerprint density at radius 3 is 2.74 bits per heavy atom. The number of aryl methyl sites for hydroxylation is 1. The van der Waals surface area contributed by atoms with Crippen LogP contribution < -0.4 is 16.0 Å². The number of aromatic nitrogens is 4. The Morgan fingerprint density at radius 1 is 1.26 bits per heavy atom. The van der Waals surface area contributed by atoms with Gasteiger partial charge < -0.3 is 16.0 Å². The molecule has 1 aliphatic rings. The van der Waals surface area contributed by atoms with Crippen molar-refractivity contribution in [2.24, 2.45) is 0 Å². The van der Waals surface area contributed by atoms with Crippen LogP contribution in [0.3, 0.4) is 0 Å². The molecular weight excluding hydrogens is 428 g/mol. The number of nitrogens with one attached hydrogen (secondary N) is 3. The number of amides is 1. The van der Waals surface area contributed by atoms with E-state index in [1.54, 1.807) is 24.5 Å². The molecular formula is C25H30N8O. The summed E-state index contributed by atoms with van der Waals surface area (Å²) < 4.78 is 2.01. The highest BCUT2D eigenvalue weighted by Crippen LogP contribution is 2.25. The Morgan fingerprint density at radius 2 is 2.03 bits per heavy atom. The molecule has 0 radical (unpaired) electrons. The van der Waals surface area contributed by atoms with Crippen LogP contribution in [0.1, 0.15) is 54.6 Å². The summed E-state index contributed by atoms with van der Waals surface area (Å²) in [4.78, 5) is 21.6. The Balaban J connectivity index is 1.46. The number of hydrogen-bond donors (Lipinski definition) is 3. The zero-order chi connectivity index (χ0) is 23.9. The molecule has 1 fully saturated rings. The van der Waals surface area contributed by atoms with Gasteiger partial charge in [0.05, 0.1) is 29.7 Å². The molecule has 9 nitrogen and oxygen atoms in total. The number of carbonyl (C=O) groups is 1. The SMILES string of the molecule is CCC[C@@H](C#N)NC(=O)c1ccc(-c2nc(Nc3cnn(C4CCNCC4)c3)ncc2C)cc1. The largest absolute Gasteiger partial charge is 0.336 e. The first kappa shape index (κ1) is 23.4. The summed E-state index contributed by atoms with van der Waals surface area (Å²) in [5.74, 6) is 0.239. The molecule has 0 spiro atoms. The van der Waals surface area contributed by atoms with Gasteiger partial charge in [-0.05, 0) is 57.0 Å². The van der Waals surface area contributed by atoms with Crippen molar-refractivity contribution in [3.63, 3.8) is 0 Å². The predicted molar refractivity (Wildman–Crippen MR) is 131 cm³/mol. The van der Waals surface area contributed by atoms with Gasteiger partial charge in [-0.3, -0.25) is 9.48 Å². The summed E-state index contributed by atoms with van der Waals surface area (Å²) in [6.45, 7) is 5.96. The molecule has 9 heteroatoms. The van der Waals surface area contributed by atoms with Crippen molar-refractivity contribution in [1.29, 1.82) is 5.26 Å². The van der Waals surface area contributed by atoms with Crippen molar-refractivity contribution >= 4 is 17.5 Å². The normalized spacial score (nSPS) is 14.9. The lowest BCUT2D eigenvalue weighted by Crippen LogP contribution is -2.33. The third-order valence-electron chi connectivity index (χ3n) is 5.97. The molecule has 176 valence electrons. The van der Waals surface area contributed by atoms with E-state index in [0.29, 0.717) is 24.0 Å². The van der Waals surface area contributed by atoms with Crippen LogP contribution in [0.2, 0.25) is 0 Å². The summed E-state index contributed by atoms with van der Waals surface area (Å²) in [5, 5.41) is 23.1. The summed E-state index contributed by atoms with van der Waals surface area (Å²) >= 11 is 0. The number of benzene rings is 1. The lowest BCUT2D eigenvalue weighted by molar-refractivity contribution is 0.0944. The fourth-order valence-electron chi connectivity index (χ4n) is 4.08. The molecule has 34 heavy (non-hydrogen) atoms. The number of nitriles is 1. The molecule has 4 rings (SSSR count). The van der Waals surface area contributed by atoms with E-state index in [2.05, 4.69) is 32.1 Å². The van der Waals surface area contributed by atoms with Crippen molar-refractivity contribution in [3.8, 4) is 17.3 Å². The Labute approximate surface area is 199 Å². The zero-order valence-electron chi connectivity index (χ0n) is 19.6. The fourth-order valence-corrected chi connectivity index (χ4v) is 4.08. The lowest BCUT2D eigenvalue weighted by Gasteiger charge is -2.22. The van der Waals surface area contributed by atoms with Gasteiger partial charge in [-0.1, -0.05) is 25.5 Å². The van der Waals surface area contributed by atoms with Gasteiger partial charge in [0.25, 0.3) is 5.91 Å². The molecule has 0 saturated carbocycles. The van der Waals surface area contributed by atoms with Gasteiger partial charge in [0.1, 0.15) is 6.04 Å². The number of nitrogens with zero attached hydrogens (tertiary/aromatic N) is 5. The van der Waals surface area contributed by atoms with Gasteiger partial charge >= 0.3 is 0 Å². The highest BCUT2D eigenvalue weighted by atomic mass is 16.1. The van der Waals surface area contributed by atoms with Crippen molar-refractivity contribution in [2.75, 3.05) is 18.4 Å². The second kappa shape index (κ2) is 10.9. The molecule has 3 aromatic rings. The van der Waals surface area contributed by atoms with Crippen LogP contribution in [0, 0.1) is 18.3 Å². The minimum atomic E-state index is -0.478. The molecule has 1 aliphatic heterocycles. The first-order valence-corrected chi connectivity index (χ1v) is 11.7. The van der Waals surface area contributed by atoms with Crippen LogP contribution in [0.25, 0.3) is 11.3 Å². The van der Waals surface area contributed by atoms with E-state index in [0.717, 1.165) is 54.9 Å². The van der Waals surface area contributed by atoms with Crippen LogP contribution in [0.15, 0.2) is 42.9 Å². The topological polar surface area (TPSA) is 121 Å². The third-order valence-corrected chi connectivity index (χ3v) is 5.97. The Kier molecular flexibility index (Phi) is 7.50. The van der Waals surface area contributed by atoms with Crippen molar-refractivity contribution < 1.29 is 4.79 Å². The van der Waals surface area contributed by atoms with E-state index in [4.69, 9.17) is 4.98 Å². The first-order valence-electron chi connectivity index (χ1n) is 11.7. The maximum atomic E-state index is 12.5. The van der Waals surface area contributed by atoms with E-state index in [1.807, 2.05) is 36.9 Å². The first-order chi connectivity index (χ1) is 16.6. The molecule has 2 aromatic heterocycles. The molecule has 1 saturated heterocycles. The molecule has 1 aromatic carbocycles. The summed E-state index contributed by atoms with van der Waals surface area (Å²) in [6, 6.07) is 9.30. The van der Waals surface area contributed by atoms with Crippen LogP contribution >= 0.6 is 0 Å². The average Bonchev–Trinajstić information content (AvgIpc) is 3.34. The van der Waals surface area contributed by atoms with E-state index in [-0.39, 0.29) is 5.91 Å². The van der Waals surface area contributed by atoms with Crippen molar-refractivity contribution in [1.82, 2.24) is 30.4 Å². The Hall–Kier alpha value is -3.77. The van der Waals surface area contributed by atoms with E-state index < -0.39 is 6.04 Å². The van der Waals surface area contributed by atoms with Gasteiger partial charge in [-0.15, -0.1) is 0 Å². The molecule has 0 unspecified atom stereocenters. The van der Waals surface area contributed by atoms with Crippen LogP contribution in [-0.2, 0) is 0 Å². The molecule has 1 amide bonds. The lowest BCUT2D eigenvalue weighted by atomic mass is 10.1. The molecule has 0 bridgehead atoms. The van der Waals surface area contributed by atoms with Crippen molar-refractivity contribution in [3.05, 3.63) is 54.0 Å². The van der Waals surface area contributed by atoms with Gasteiger partial charge in [-0.25, -0.2) is 9.97 Å². The maximum absolute atomic E-state index is 12.5. The molecule has 0 aliphatic carbocycles. The van der Waals surface area contributed by atoms with Crippen LogP contribution in [0.5, 0.6) is 0 Å². The second-order valence-electron chi connectivity index (χ2n) is 8.56. The highest BCUT2D eigenvalue weighted by molar-refractivity contribution is 5.95. The summed E-state index contributed by atoms with van der Waals surface area (Å²) in [6.07, 6.45) is 9.17. The maximum Gasteiger partial charge on any atom is 0.252 e. The van der Waals surface area contributed by atoms with Crippen molar-refractivity contribution in [2.45, 2.75) is 51.6 Å². The van der Waals surface area contributed by atoms with Crippen LogP contribution in [-0.4, -0.2) is 44.8 Å². The molecule has 3 N–H and O–H groups in total. The standard InChI is InChI=1S/C25H30N8O/c1-3-4-20(13-26)30-24(34)19-7-5-18(6-8-19)23-17(2)14-28-25(32-23)31-21-15-29-33(16-21)22-9-11-27-12-10-22/h5-8,14-16,20,22,27H,3-4,9-12H2,1-2H3,(H,30,34)(H,28,31,32)/t20-/m0/s1. The van der Waals surface area contributed by atoms with E-state index >= 15 is 0 Å². The van der Waals surface area contributed by atoms with E-state index in [1.165, 1.54) is 0 Å². The fraction of sp³-hybridized carbons (Fsp3) is 0.400. The average molecular weight is 459 g/mol. The third kappa shape index (κ3) is 5.58. The van der Waals surface area contributed by atoms with Gasteiger partial charge in [0.2, 0.25) is 5.95 Å². The number of rotatable bonds is 8. The number of piperidine rings is 1. The number of hydrogen-bond acceptors (Lipinski definition) is 7. The van der Waals surface area contributed by atoms with Crippen LogP contribution in [0.4, 0.5) is 11.6 Å². The minimum absolute atomic E-state index is 0.251. The molecule has 3 heterocycles. The van der Waals surface area contributed by atoms with Gasteiger partial charge in [0, 0.05) is 23.5 Å². The quantitative estimate of drug-likeness (QED) is 0.470. The van der Waals surface area contributed by atoms with Gasteiger partial charge in [-0.2, -0.15) is 10.4 Å². The Bertz CT molecular complexity index is 1160. The summed E-state index contributed by atoms with van der Waals surface area (Å²) in [7, 11) is 0. The summed E-state index contributed by atoms with van der Waals surface area (Å²) in [5.41, 5.74) is 3.96. The number of carbonyl (C=O) groups excluding carboxylic acids is 1. The highest BCUT2D eigenvalue weighted by Gasteiger charge is 2.17. The number of anilines is 2. The van der Waals surface area contributed by atoms with E-state index in [9.17, 15) is 10.1 Å². The minimum Gasteiger partial charge on any atom is -0.336 e. The second-order valence-corrected chi connectivity index (χ2v) is 8.56. The van der Waals surface area contributed by atoms with Gasteiger partial charge in [0.15, 0.2) is 0 Å². The monoisotopic (exact) mass is 458 g/mol. The molecule has 1 atom stereocenters.